The van der Waals surface area contributed by atoms with Gasteiger partial charge in [0.2, 0.25) is 0 Å². The molecule has 2 aliphatic heterocycles. The van der Waals surface area contributed by atoms with Gasteiger partial charge >= 0.3 is 0 Å². The van der Waals surface area contributed by atoms with Crippen molar-refractivity contribution < 1.29 is 0 Å². The Labute approximate surface area is 130 Å². The van der Waals surface area contributed by atoms with E-state index >= 15 is 0 Å². The Bertz CT molecular complexity index is 1020. The Balaban J connectivity index is 2.03. The normalized spacial score (nSPS) is 11.4. The predicted octanol–water partition coefficient (Wildman–Crippen LogP) is 3.18. The number of nitrogens with zero attached hydrogens (tertiary/aromatic N) is 3. The minimum atomic E-state index is -0.160. The van der Waals surface area contributed by atoms with E-state index in [1.165, 1.54) is 4.68 Å². The van der Waals surface area contributed by atoms with E-state index in [-0.39, 0.29) is 5.56 Å². The van der Waals surface area contributed by atoms with Crippen LogP contribution in [0.5, 0.6) is 0 Å². The molecule has 2 aliphatic rings. The Hall–Kier alpha value is -2.66. The van der Waals surface area contributed by atoms with E-state index in [0.717, 1.165) is 22.2 Å². The Morgan fingerprint density at radius 1 is 1.23 bits per heavy atom. The fraction of sp³-hybridized carbons (Fsp3) is 0.0625. The van der Waals surface area contributed by atoms with Crippen LogP contribution in [0.1, 0.15) is 5.56 Å². The van der Waals surface area contributed by atoms with Gasteiger partial charge in [0, 0.05) is 17.8 Å². The molecule has 0 unspecified atom stereocenters. The van der Waals surface area contributed by atoms with Crippen molar-refractivity contribution in [3.8, 4) is 16.9 Å². The number of benzene rings is 1. The van der Waals surface area contributed by atoms with Gasteiger partial charge in [0.1, 0.15) is 10.8 Å². The Morgan fingerprint density at radius 3 is 2.77 bits per heavy atom. The molecule has 0 fully saturated rings. The lowest BCUT2D eigenvalue weighted by atomic mass is 10.1. The third-order valence-corrected chi connectivity index (χ3v) is 3.86. The number of hydrogen-bond donors (Lipinski definition) is 1. The van der Waals surface area contributed by atoms with Gasteiger partial charge < -0.3 is 4.98 Å². The molecule has 2 aromatic rings. The fourth-order valence-corrected chi connectivity index (χ4v) is 2.65. The predicted molar refractivity (Wildman–Crippen MR) is 85.9 cm³/mol. The zero-order valence-electron chi connectivity index (χ0n) is 11.7. The van der Waals surface area contributed by atoms with Gasteiger partial charge in [-0.3, -0.25) is 4.79 Å². The number of fused-ring (bicyclic) bond motifs is 3. The zero-order chi connectivity index (χ0) is 15.3. The van der Waals surface area contributed by atoms with E-state index in [9.17, 15) is 4.79 Å². The molecule has 108 valence electrons. The van der Waals surface area contributed by atoms with Crippen LogP contribution in [-0.2, 0) is 0 Å². The van der Waals surface area contributed by atoms with Gasteiger partial charge in [-0.1, -0.05) is 29.3 Å². The van der Waals surface area contributed by atoms with Crippen molar-refractivity contribution >= 4 is 22.5 Å². The first kappa shape index (κ1) is 13.0. The van der Waals surface area contributed by atoms with Crippen molar-refractivity contribution in [1.82, 2.24) is 19.7 Å². The quantitative estimate of drug-likeness (QED) is 0.549. The molecule has 1 N–H and O–H groups in total. The van der Waals surface area contributed by atoms with Gasteiger partial charge in [0.05, 0.1) is 16.8 Å². The highest BCUT2D eigenvalue weighted by molar-refractivity contribution is 6.30. The molecule has 0 bridgehead atoms. The highest BCUT2D eigenvalue weighted by atomic mass is 35.5. The number of halogens is 1. The summed E-state index contributed by atoms with van der Waals surface area (Å²) in [4.78, 5) is 19.7. The van der Waals surface area contributed by atoms with Crippen LogP contribution in [0.25, 0.3) is 27.8 Å². The summed E-state index contributed by atoms with van der Waals surface area (Å²) in [5, 5.41) is 5.63. The van der Waals surface area contributed by atoms with Gasteiger partial charge in [-0.05, 0) is 25.1 Å². The number of nitrogens with one attached hydrogen (secondary N) is 1. The number of aromatic nitrogens is 4. The molecule has 3 heterocycles. The van der Waals surface area contributed by atoms with Crippen LogP contribution in [-0.4, -0.2) is 19.7 Å². The topological polar surface area (TPSA) is 63.6 Å². The highest BCUT2D eigenvalue weighted by Crippen LogP contribution is 2.26. The van der Waals surface area contributed by atoms with E-state index in [1.807, 2.05) is 31.2 Å². The molecule has 0 amide bonds. The summed E-state index contributed by atoms with van der Waals surface area (Å²) in [6.07, 6.45) is 3.29. The second-order valence-corrected chi connectivity index (χ2v) is 5.54. The second-order valence-electron chi connectivity index (χ2n) is 5.16. The Morgan fingerprint density at radius 2 is 2.00 bits per heavy atom. The monoisotopic (exact) mass is 310 g/mol. The molecule has 0 atom stereocenters. The maximum Gasteiger partial charge on any atom is 0.282 e. The third-order valence-electron chi connectivity index (χ3n) is 3.65. The first-order valence-electron chi connectivity index (χ1n) is 6.76. The van der Waals surface area contributed by atoms with Crippen LogP contribution >= 0.6 is 11.6 Å². The smallest absolute Gasteiger partial charge is 0.282 e. The number of pyridine rings is 2. The molecule has 6 heteroatoms. The summed E-state index contributed by atoms with van der Waals surface area (Å²) in [5.74, 6) is 0. The number of H-pyrrole nitrogens is 1. The standard InChI is InChI=1S/C16H11ClN4O/c1-9-2-4-10(5-3-9)21-16(22)12-8-18-13-6-14(17)19-7-11(13)15(12)20-21/h2-8,18H,1H3. The SMILES string of the molecule is Cc1ccc(-n2nc3c4cnc(Cl)cc4[nH]cc-3c2=O)cc1. The number of hydrogen-bond acceptors (Lipinski definition) is 3. The summed E-state index contributed by atoms with van der Waals surface area (Å²) in [7, 11) is 0. The second kappa shape index (κ2) is 4.68. The number of rotatable bonds is 1. The van der Waals surface area contributed by atoms with Crippen LogP contribution in [0, 0.1) is 6.92 Å². The van der Waals surface area contributed by atoms with Crippen molar-refractivity contribution in [2.45, 2.75) is 6.92 Å². The van der Waals surface area contributed by atoms with Gasteiger partial charge in [-0.15, -0.1) is 0 Å². The van der Waals surface area contributed by atoms with E-state index in [1.54, 1.807) is 18.5 Å². The van der Waals surface area contributed by atoms with Gasteiger partial charge in [0.15, 0.2) is 0 Å². The minimum absolute atomic E-state index is 0.160. The lowest BCUT2D eigenvalue weighted by Crippen LogP contribution is -2.14. The maximum atomic E-state index is 12.6. The summed E-state index contributed by atoms with van der Waals surface area (Å²) in [6.45, 7) is 2.00. The number of aryl methyl sites for hydroxylation is 1. The highest BCUT2D eigenvalue weighted by Gasteiger charge is 2.19. The lowest BCUT2D eigenvalue weighted by molar-refractivity contribution is 0.858. The Kier molecular flexibility index (Phi) is 2.77. The average Bonchev–Trinajstić information content (AvgIpc) is 2.85. The first-order valence-corrected chi connectivity index (χ1v) is 7.14. The van der Waals surface area contributed by atoms with Crippen molar-refractivity contribution in [2.24, 2.45) is 0 Å². The van der Waals surface area contributed by atoms with Crippen LogP contribution in [0.4, 0.5) is 0 Å². The average molecular weight is 311 g/mol. The van der Waals surface area contributed by atoms with Crippen molar-refractivity contribution in [2.75, 3.05) is 0 Å². The molecular formula is C16H11ClN4O. The fourth-order valence-electron chi connectivity index (χ4n) is 2.49. The van der Waals surface area contributed by atoms with E-state index in [0.29, 0.717) is 16.4 Å². The molecule has 22 heavy (non-hydrogen) atoms. The summed E-state index contributed by atoms with van der Waals surface area (Å²) in [5.41, 5.74) is 3.64. The van der Waals surface area contributed by atoms with Crippen molar-refractivity contribution in [3.05, 3.63) is 63.8 Å². The van der Waals surface area contributed by atoms with Crippen LogP contribution in [0.3, 0.4) is 0 Å². The molecule has 0 saturated carbocycles. The summed E-state index contributed by atoms with van der Waals surface area (Å²) < 4.78 is 1.41. The molecule has 1 aromatic heterocycles. The summed E-state index contributed by atoms with van der Waals surface area (Å²) >= 11 is 5.90. The van der Waals surface area contributed by atoms with Gasteiger partial charge in [-0.2, -0.15) is 9.78 Å². The van der Waals surface area contributed by atoms with Gasteiger partial charge in [0.25, 0.3) is 5.56 Å². The molecule has 4 rings (SSSR count). The third kappa shape index (κ3) is 1.90. The van der Waals surface area contributed by atoms with Gasteiger partial charge in [-0.25, -0.2) is 4.98 Å². The molecule has 1 aromatic carbocycles. The molecular weight excluding hydrogens is 300 g/mol. The van der Waals surface area contributed by atoms with Crippen molar-refractivity contribution in [1.29, 1.82) is 0 Å². The van der Waals surface area contributed by atoms with Crippen LogP contribution in [0.15, 0.2) is 47.5 Å². The number of aromatic amines is 1. The van der Waals surface area contributed by atoms with E-state index in [4.69, 9.17) is 11.6 Å². The zero-order valence-corrected chi connectivity index (χ0v) is 12.4. The molecule has 0 spiro atoms. The van der Waals surface area contributed by atoms with Crippen molar-refractivity contribution in [3.63, 3.8) is 0 Å². The molecule has 0 aliphatic carbocycles. The van der Waals surface area contributed by atoms with E-state index < -0.39 is 0 Å². The molecule has 5 nitrogen and oxygen atoms in total. The lowest BCUT2D eigenvalue weighted by Gasteiger charge is -2.02. The minimum Gasteiger partial charge on any atom is -0.360 e. The first-order chi connectivity index (χ1) is 10.6. The van der Waals surface area contributed by atoms with E-state index in [2.05, 4.69) is 15.1 Å². The van der Waals surface area contributed by atoms with Crippen LogP contribution < -0.4 is 5.56 Å². The molecule has 0 radical (unpaired) electrons. The summed E-state index contributed by atoms with van der Waals surface area (Å²) in [6, 6.07) is 9.37. The maximum absolute atomic E-state index is 12.6. The van der Waals surface area contributed by atoms with Crippen LogP contribution in [0.2, 0.25) is 5.15 Å². The largest absolute Gasteiger partial charge is 0.360 e. The molecule has 0 saturated heterocycles.